The molecule has 0 aliphatic carbocycles. The summed E-state index contributed by atoms with van der Waals surface area (Å²) in [6.07, 6.45) is 0. The highest BCUT2D eigenvalue weighted by Crippen LogP contribution is 2.44. The molecule has 0 aromatic heterocycles. The highest BCUT2D eigenvalue weighted by atomic mass is 32.2. The largest absolute Gasteiger partial charge is 0.505 e. The van der Waals surface area contributed by atoms with Gasteiger partial charge in [-0.25, -0.2) is 0 Å². The lowest BCUT2D eigenvalue weighted by Crippen LogP contribution is -2.05. The van der Waals surface area contributed by atoms with Crippen molar-refractivity contribution in [3.63, 3.8) is 0 Å². The van der Waals surface area contributed by atoms with Gasteiger partial charge in [0, 0.05) is 10.8 Å². The van der Waals surface area contributed by atoms with Crippen LogP contribution in [0.3, 0.4) is 0 Å². The number of nitrogen functional groups attached to an aromatic ring is 1. The van der Waals surface area contributed by atoms with Gasteiger partial charge in [-0.3, -0.25) is 18.2 Å². The molecular weight excluding hydrogens is 1090 g/mol. The minimum Gasteiger partial charge on any atom is -0.505 e. The quantitative estimate of drug-likeness (QED) is 0.0315. The van der Waals surface area contributed by atoms with E-state index >= 15 is 0 Å². The van der Waals surface area contributed by atoms with Gasteiger partial charge in [0.05, 0.1) is 63.2 Å². The smallest absolute Gasteiger partial charge is 0.296 e. The van der Waals surface area contributed by atoms with Crippen molar-refractivity contribution in [2.75, 3.05) is 12.8 Å². The minimum atomic E-state index is -5.15. The molecule has 0 radical (unpaired) electrons. The minimum absolute atomic E-state index is 0.188. The molecule has 400 valence electrons. The fraction of sp³-hybridized carbons (Fsp3) is 0.102. The number of phenolic OH excluding ortho intramolecular Hbond substituents is 1. The number of phenols is 1. The van der Waals surface area contributed by atoms with Crippen molar-refractivity contribution >= 4 is 125 Å². The van der Waals surface area contributed by atoms with Gasteiger partial charge < -0.3 is 15.6 Å². The lowest BCUT2D eigenvalue weighted by molar-refractivity contribution is 0.417. The number of nitrogens with zero attached hydrogens (tertiary/aromatic N) is 10. The van der Waals surface area contributed by atoms with E-state index in [1.54, 1.807) is 88.4 Å². The van der Waals surface area contributed by atoms with E-state index in [-0.39, 0.29) is 16.5 Å². The molecule has 25 nitrogen and oxygen atoms in total. The number of methoxy groups -OCH3 is 1. The standard InChI is InChI=1S/C49H41N11O14S4/c1-25-14-32(7-11-39(25)55-53-31-8-12-40(26(2)15-31)56-59-43-24-37-30(20-46(43)77(68,69)70)19-35(75(62,63)64)23-45(37)76(65,66)67)54-57-41-16-28(4)42(17-27(41)3)58-60-48-47(78(71,72)73)21-29-18-33(6-10-36(29)49(48)61)51-52-34-9-13-44(74-5)38(50)22-34/h6-24,61H,50H2,1-5H3,(H,62,63,64)(H,65,66,67)(H,68,69,70)(H,71,72,73). The summed E-state index contributed by atoms with van der Waals surface area (Å²) in [4.78, 5) is -3.56. The Hall–Kier alpha value is -8.68. The van der Waals surface area contributed by atoms with Crippen LogP contribution in [0.5, 0.6) is 11.5 Å². The van der Waals surface area contributed by atoms with Crippen LogP contribution in [0.2, 0.25) is 0 Å². The Balaban J connectivity index is 0.971. The van der Waals surface area contributed by atoms with E-state index in [9.17, 15) is 57.0 Å². The van der Waals surface area contributed by atoms with Crippen LogP contribution in [0.25, 0.3) is 21.5 Å². The lowest BCUT2D eigenvalue weighted by Gasteiger charge is -2.10. The summed E-state index contributed by atoms with van der Waals surface area (Å²) in [6, 6.07) is 26.2. The Morgan fingerprint density at radius 2 is 0.833 bits per heavy atom. The fourth-order valence-electron chi connectivity index (χ4n) is 7.62. The number of azo groups is 5. The zero-order valence-corrected chi connectivity index (χ0v) is 44.3. The molecular formula is C49H41N11O14S4. The van der Waals surface area contributed by atoms with E-state index in [1.165, 1.54) is 31.4 Å². The SMILES string of the molecule is COc1ccc(N=Nc2ccc3c(O)c(N=Nc4cc(C)c(N=Nc5ccc(N=Nc6ccc(N=Nc7cc8c(S(=O)(=O)O)cc(S(=O)(=O)O)cc8cc7S(=O)(=O)O)c(C)c6)c(C)c5)cc4C)c(S(=O)(=O)O)cc3c2)cc1N. The molecule has 0 unspecified atom stereocenters. The van der Waals surface area contributed by atoms with Gasteiger partial charge in [-0.1, -0.05) is 0 Å². The van der Waals surface area contributed by atoms with Gasteiger partial charge in [-0.15, -0.1) is 10.2 Å². The van der Waals surface area contributed by atoms with Gasteiger partial charge >= 0.3 is 0 Å². The van der Waals surface area contributed by atoms with Gasteiger partial charge in [-0.2, -0.15) is 74.6 Å². The molecule has 0 spiro atoms. The van der Waals surface area contributed by atoms with E-state index in [1.807, 2.05) is 0 Å². The van der Waals surface area contributed by atoms with Crippen molar-refractivity contribution < 1.29 is 61.7 Å². The van der Waals surface area contributed by atoms with Crippen LogP contribution in [-0.2, 0) is 40.5 Å². The Labute approximate surface area is 444 Å². The van der Waals surface area contributed by atoms with Crippen LogP contribution in [-0.4, -0.2) is 64.1 Å². The van der Waals surface area contributed by atoms with Crippen molar-refractivity contribution in [2.45, 2.75) is 47.3 Å². The monoisotopic (exact) mass is 1140 g/mol. The molecule has 0 bridgehead atoms. The second kappa shape index (κ2) is 21.4. The molecule has 78 heavy (non-hydrogen) atoms. The van der Waals surface area contributed by atoms with Crippen molar-refractivity contribution in [2.24, 2.45) is 51.1 Å². The predicted molar refractivity (Wildman–Crippen MR) is 285 cm³/mol. The molecule has 0 fully saturated rings. The lowest BCUT2D eigenvalue weighted by atomic mass is 10.1. The highest BCUT2D eigenvalue weighted by molar-refractivity contribution is 7.87. The van der Waals surface area contributed by atoms with E-state index in [2.05, 4.69) is 51.1 Å². The zero-order chi connectivity index (χ0) is 56.6. The zero-order valence-electron chi connectivity index (χ0n) is 41.1. The topological polar surface area (TPSA) is 397 Å². The summed E-state index contributed by atoms with van der Waals surface area (Å²) in [5, 5.41) is 52.9. The number of aromatic hydroxyl groups is 1. The maximum atomic E-state index is 12.6. The number of anilines is 1. The summed E-state index contributed by atoms with van der Waals surface area (Å²) in [5.74, 6) is -0.0897. The number of ether oxygens (including phenoxy) is 1. The molecule has 29 heteroatoms. The van der Waals surface area contributed by atoms with Crippen LogP contribution in [0.1, 0.15) is 22.3 Å². The molecule has 0 saturated heterocycles. The van der Waals surface area contributed by atoms with Gasteiger partial charge in [0.15, 0.2) is 5.75 Å². The molecule has 8 aromatic rings. The van der Waals surface area contributed by atoms with Gasteiger partial charge in [0.2, 0.25) is 0 Å². The van der Waals surface area contributed by atoms with E-state index < -0.39 is 88.0 Å². The summed E-state index contributed by atoms with van der Waals surface area (Å²) < 4.78 is 143. The third-order valence-electron chi connectivity index (χ3n) is 11.6. The Bertz CT molecular complexity index is 4460. The number of fused-ring (bicyclic) bond motifs is 2. The Morgan fingerprint density at radius 1 is 0.397 bits per heavy atom. The molecule has 0 saturated carbocycles. The first kappa shape index (κ1) is 55.5. The maximum absolute atomic E-state index is 12.6. The number of hydrogen-bond acceptors (Lipinski definition) is 21. The average molecular weight is 1140 g/mol. The van der Waals surface area contributed by atoms with Crippen LogP contribution >= 0.6 is 0 Å². The number of nitrogens with two attached hydrogens (primary N) is 1. The fourth-order valence-corrected chi connectivity index (χ4v) is 10.3. The molecule has 7 N–H and O–H groups in total. The van der Waals surface area contributed by atoms with Gasteiger partial charge in [0.25, 0.3) is 40.5 Å². The van der Waals surface area contributed by atoms with Crippen LogP contribution in [0, 0.1) is 27.7 Å². The molecule has 0 heterocycles. The van der Waals surface area contributed by atoms with Crippen molar-refractivity contribution in [1.82, 2.24) is 0 Å². The Morgan fingerprint density at radius 3 is 1.36 bits per heavy atom. The van der Waals surface area contributed by atoms with E-state index in [4.69, 9.17) is 10.5 Å². The summed E-state index contributed by atoms with van der Waals surface area (Å²) in [6.45, 7) is 6.87. The predicted octanol–water partition coefficient (Wildman–Crippen LogP) is 13.6. The number of rotatable bonds is 15. The molecule has 8 rings (SSSR count). The molecule has 0 aliphatic rings. The average Bonchev–Trinajstić information content (AvgIpc) is 3.39. The van der Waals surface area contributed by atoms with Gasteiger partial charge in [0.1, 0.15) is 31.8 Å². The van der Waals surface area contributed by atoms with Crippen LogP contribution in [0.15, 0.2) is 186 Å². The number of aryl methyl sites for hydroxylation is 4. The molecule has 0 amide bonds. The first-order valence-corrected chi connectivity index (χ1v) is 28.0. The first-order chi connectivity index (χ1) is 36.6. The summed E-state index contributed by atoms with van der Waals surface area (Å²) in [7, 11) is -18.7. The van der Waals surface area contributed by atoms with Crippen molar-refractivity contribution in [3.8, 4) is 11.5 Å². The summed E-state index contributed by atoms with van der Waals surface area (Å²) in [5.41, 5.74) is 10.6. The van der Waals surface area contributed by atoms with E-state index in [0.29, 0.717) is 85.6 Å². The highest BCUT2D eigenvalue weighted by Gasteiger charge is 2.26. The van der Waals surface area contributed by atoms with Crippen LogP contribution < -0.4 is 10.5 Å². The Kier molecular flexibility index (Phi) is 15.2. The third-order valence-corrected chi connectivity index (χ3v) is 15.0. The first-order valence-electron chi connectivity index (χ1n) is 22.2. The third kappa shape index (κ3) is 12.4. The van der Waals surface area contributed by atoms with E-state index in [0.717, 1.165) is 18.2 Å². The van der Waals surface area contributed by atoms with Crippen molar-refractivity contribution in [3.05, 3.63) is 138 Å². The number of benzene rings is 8. The number of hydrogen-bond donors (Lipinski definition) is 6. The van der Waals surface area contributed by atoms with Gasteiger partial charge in [-0.05, 0) is 176 Å². The van der Waals surface area contributed by atoms with Crippen molar-refractivity contribution in [1.29, 1.82) is 0 Å². The normalized spacial score (nSPS) is 12.9. The second-order valence-corrected chi connectivity index (χ2v) is 22.7. The maximum Gasteiger partial charge on any atom is 0.296 e. The summed E-state index contributed by atoms with van der Waals surface area (Å²) >= 11 is 0. The molecule has 0 aliphatic heterocycles. The molecule has 0 atom stereocenters. The second-order valence-electron chi connectivity index (χ2n) is 17.1. The molecule has 8 aromatic carbocycles. The van der Waals surface area contributed by atoms with Crippen LogP contribution in [0.4, 0.5) is 62.6 Å².